The number of anilines is 1. The fraction of sp³-hybridized carbons (Fsp3) is 0.188. The van der Waals surface area contributed by atoms with Crippen LogP contribution in [0.1, 0.15) is 15.9 Å². The average molecular weight is 306 g/mol. The Kier molecular flexibility index (Phi) is 4.70. The molecule has 0 saturated carbocycles. The first-order valence-electron chi connectivity index (χ1n) is 6.38. The Morgan fingerprint density at radius 1 is 1.29 bits per heavy atom. The predicted molar refractivity (Wildman–Crippen MR) is 83.5 cm³/mol. The van der Waals surface area contributed by atoms with Crippen LogP contribution in [0.15, 0.2) is 42.5 Å². The molecule has 110 valence electrons. The third-order valence-corrected chi connectivity index (χ3v) is 3.39. The summed E-state index contributed by atoms with van der Waals surface area (Å²) in [6.45, 7) is 0.550. The van der Waals surface area contributed by atoms with Gasteiger partial charge in [0.1, 0.15) is 5.75 Å². The van der Waals surface area contributed by atoms with Crippen molar-refractivity contribution < 1.29 is 14.6 Å². The predicted octanol–water partition coefficient (Wildman–Crippen LogP) is 3.68. The van der Waals surface area contributed by atoms with Crippen LogP contribution in [0.4, 0.5) is 5.69 Å². The van der Waals surface area contributed by atoms with Crippen LogP contribution >= 0.6 is 11.6 Å². The summed E-state index contributed by atoms with van der Waals surface area (Å²) in [5, 5.41) is 9.96. The van der Waals surface area contributed by atoms with E-state index in [-0.39, 0.29) is 5.56 Å². The van der Waals surface area contributed by atoms with Crippen molar-refractivity contribution >= 4 is 23.3 Å². The average Bonchev–Trinajstić information content (AvgIpc) is 2.46. The van der Waals surface area contributed by atoms with E-state index in [0.29, 0.717) is 23.0 Å². The van der Waals surface area contributed by atoms with E-state index in [4.69, 9.17) is 16.3 Å². The van der Waals surface area contributed by atoms with E-state index in [1.54, 1.807) is 31.4 Å². The Morgan fingerprint density at radius 3 is 2.67 bits per heavy atom. The summed E-state index contributed by atoms with van der Waals surface area (Å²) in [6.07, 6.45) is 0. The maximum absolute atomic E-state index is 11.3. The number of methoxy groups -OCH3 is 1. The fourth-order valence-electron chi connectivity index (χ4n) is 2.13. The molecule has 0 atom stereocenters. The minimum absolute atomic E-state index is 0.236. The summed E-state index contributed by atoms with van der Waals surface area (Å²) in [5.74, 6) is -0.349. The monoisotopic (exact) mass is 305 g/mol. The number of carbonyl (C=O) groups is 1. The van der Waals surface area contributed by atoms with Crippen LogP contribution in [-0.2, 0) is 6.54 Å². The molecule has 0 radical (unpaired) electrons. The van der Waals surface area contributed by atoms with Gasteiger partial charge in [0.2, 0.25) is 0 Å². The van der Waals surface area contributed by atoms with E-state index in [1.165, 1.54) is 0 Å². The van der Waals surface area contributed by atoms with Gasteiger partial charge in [-0.15, -0.1) is 0 Å². The minimum Gasteiger partial charge on any atom is -0.497 e. The molecule has 0 amide bonds. The first-order chi connectivity index (χ1) is 10.0. The first-order valence-corrected chi connectivity index (χ1v) is 6.76. The van der Waals surface area contributed by atoms with Gasteiger partial charge in [-0.25, -0.2) is 4.79 Å². The van der Waals surface area contributed by atoms with Gasteiger partial charge in [-0.3, -0.25) is 0 Å². The zero-order valence-corrected chi connectivity index (χ0v) is 12.6. The van der Waals surface area contributed by atoms with Crippen LogP contribution in [0.3, 0.4) is 0 Å². The van der Waals surface area contributed by atoms with Crippen molar-refractivity contribution in [2.75, 3.05) is 19.1 Å². The Labute approximate surface area is 128 Å². The lowest BCUT2D eigenvalue weighted by Crippen LogP contribution is -2.19. The summed E-state index contributed by atoms with van der Waals surface area (Å²) in [7, 11) is 3.39. The molecule has 0 aromatic heterocycles. The summed E-state index contributed by atoms with van der Waals surface area (Å²) in [5.41, 5.74) is 1.84. The topological polar surface area (TPSA) is 49.8 Å². The van der Waals surface area contributed by atoms with Crippen molar-refractivity contribution in [1.82, 2.24) is 0 Å². The lowest BCUT2D eigenvalue weighted by Gasteiger charge is -2.22. The molecule has 0 spiro atoms. The number of ether oxygens (including phenoxy) is 1. The molecule has 2 aromatic rings. The molecular formula is C16H16ClNO3. The second-order valence-electron chi connectivity index (χ2n) is 4.67. The molecule has 0 heterocycles. The van der Waals surface area contributed by atoms with Crippen LogP contribution < -0.4 is 9.64 Å². The number of carboxylic acid groups (broad SMARTS) is 1. The second-order valence-corrected chi connectivity index (χ2v) is 5.11. The number of halogens is 1. The number of carboxylic acids is 1. The van der Waals surface area contributed by atoms with Crippen LogP contribution in [0.5, 0.6) is 5.75 Å². The molecule has 2 rings (SSSR count). The van der Waals surface area contributed by atoms with E-state index in [1.807, 2.05) is 30.1 Å². The van der Waals surface area contributed by atoms with Gasteiger partial charge in [-0.1, -0.05) is 23.7 Å². The number of hydrogen-bond acceptors (Lipinski definition) is 3. The van der Waals surface area contributed by atoms with Crippen molar-refractivity contribution in [3.8, 4) is 5.75 Å². The summed E-state index contributed by atoms with van der Waals surface area (Å²) < 4.78 is 5.17. The zero-order valence-electron chi connectivity index (χ0n) is 11.8. The smallest absolute Gasteiger partial charge is 0.337 e. The molecule has 21 heavy (non-hydrogen) atoms. The molecule has 0 bridgehead atoms. The highest BCUT2D eigenvalue weighted by Crippen LogP contribution is 2.27. The first kappa shape index (κ1) is 15.2. The summed E-state index contributed by atoms with van der Waals surface area (Å²) in [6, 6.07) is 12.4. The normalized spacial score (nSPS) is 10.2. The highest BCUT2D eigenvalue weighted by Gasteiger charge is 2.15. The van der Waals surface area contributed by atoms with E-state index in [9.17, 15) is 9.90 Å². The lowest BCUT2D eigenvalue weighted by molar-refractivity contribution is 0.0697. The Bertz CT molecular complexity index is 658. The van der Waals surface area contributed by atoms with Crippen LogP contribution in [-0.4, -0.2) is 25.2 Å². The van der Waals surface area contributed by atoms with Gasteiger partial charge in [0.15, 0.2) is 0 Å². The number of hydrogen-bond donors (Lipinski definition) is 1. The van der Waals surface area contributed by atoms with Gasteiger partial charge in [0.25, 0.3) is 0 Å². The lowest BCUT2D eigenvalue weighted by atomic mass is 10.1. The molecule has 1 N–H and O–H groups in total. The molecule has 0 aliphatic heterocycles. The minimum atomic E-state index is -0.967. The quantitative estimate of drug-likeness (QED) is 0.915. The van der Waals surface area contributed by atoms with Crippen molar-refractivity contribution in [1.29, 1.82) is 0 Å². The van der Waals surface area contributed by atoms with E-state index >= 15 is 0 Å². The molecular weight excluding hydrogens is 290 g/mol. The molecule has 0 saturated heterocycles. The van der Waals surface area contributed by atoms with Gasteiger partial charge in [0.05, 0.1) is 18.4 Å². The number of nitrogens with zero attached hydrogens (tertiary/aromatic N) is 1. The van der Waals surface area contributed by atoms with Crippen LogP contribution in [0.25, 0.3) is 0 Å². The van der Waals surface area contributed by atoms with Crippen molar-refractivity contribution in [2.24, 2.45) is 0 Å². The largest absolute Gasteiger partial charge is 0.497 e. The molecule has 4 nitrogen and oxygen atoms in total. The SMILES string of the molecule is COc1ccc(C(=O)O)c(N(C)Cc2cccc(Cl)c2)c1. The maximum Gasteiger partial charge on any atom is 0.337 e. The molecule has 0 unspecified atom stereocenters. The highest BCUT2D eigenvalue weighted by molar-refractivity contribution is 6.30. The molecule has 0 aliphatic carbocycles. The highest BCUT2D eigenvalue weighted by atomic mass is 35.5. The zero-order chi connectivity index (χ0) is 15.4. The van der Waals surface area contributed by atoms with E-state index in [2.05, 4.69) is 0 Å². The van der Waals surface area contributed by atoms with E-state index < -0.39 is 5.97 Å². The summed E-state index contributed by atoms with van der Waals surface area (Å²) >= 11 is 5.97. The van der Waals surface area contributed by atoms with Crippen LogP contribution in [0, 0.1) is 0 Å². The fourth-order valence-corrected chi connectivity index (χ4v) is 2.34. The molecule has 0 fully saturated rings. The van der Waals surface area contributed by atoms with Crippen molar-refractivity contribution in [3.63, 3.8) is 0 Å². The second kappa shape index (κ2) is 6.50. The molecule has 5 heteroatoms. The third kappa shape index (κ3) is 3.67. The van der Waals surface area contributed by atoms with Crippen molar-refractivity contribution in [3.05, 3.63) is 58.6 Å². The number of benzene rings is 2. The number of aromatic carboxylic acids is 1. The van der Waals surface area contributed by atoms with Crippen LogP contribution in [0.2, 0.25) is 5.02 Å². The molecule has 2 aromatic carbocycles. The van der Waals surface area contributed by atoms with Crippen molar-refractivity contribution in [2.45, 2.75) is 6.54 Å². The Hall–Kier alpha value is -2.20. The standard InChI is InChI=1S/C16H16ClNO3/c1-18(10-11-4-3-5-12(17)8-11)15-9-13(21-2)6-7-14(15)16(19)20/h3-9H,10H2,1-2H3,(H,19,20). The summed E-state index contributed by atoms with van der Waals surface area (Å²) in [4.78, 5) is 13.2. The Balaban J connectivity index is 2.33. The van der Waals surface area contributed by atoms with Gasteiger partial charge in [-0.2, -0.15) is 0 Å². The van der Waals surface area contributed by atoms with Gasteiger partial charge >= 0.3 is 5.97 Å². The number of rotatable bonds is 5. The van der Waals surface area contributed by atoms with Gasteiger partial charge in [-0.05, 0) is 29.8 Å². The van der Waals surface area contributed by atoms with E-state index in [0.717, 1.165) is 5.56 Å². The van der Waals surface area contributed by atoms with Gasteiger partial charge in [0, 0.05) is 24.7 Å². The Morgan fingerprint density at radius 2 is 2.05 bits per heavy atom. The maximum atomic E-state index is 11.3. The third-order valence-electron chi connectivity index (χ3n) is 3.16. The van der Waals surface area contributed by atoms with Gasteiger partial charge < -0.3 is 14.7 Å². The molecule has 0 aliphatic rings.